The summed E-state index contributed by atoms with van der Waals surface area (Å²) in [7, 11) is 0. The van der Waals surface area contributed by atoms with Gasteiger partial charge in [0.15, 0.2) is 0 Å². The van der Waals surface area contributed by atoms with Gasteiger partial charge in [-0.1, -0.05) is 23.1 Å². The fourth-order valence-electron chi connectivity index (χ4n) is 3.14. The summed E-state index contributed by atoms with van der Waals surface area (Å²) in [5, 5.41) is 18.3. The molecule has 2 aliphatic rings. The number of rotatable bonds is 4. The lowest BCUT2D eigenvalue weighted by Gasteiger charge is -2.21. The van der Waals surface area contributed by atoms with Crippen molar-refractivity contribution in [3.8, 4) is 23.1 Å². The van der Waals surface area contributed by atoms with E-state index in [0.29, 0.717) is 5.92 Å². The molecule has 1 aromatic heterocycles. The SMILES string of the molecule is OCc1cc(C#CC2CC2)ccc1-c1cn(C[C@H]2CCCCO2)nn1. The summed E-state index contributed by atoms with van der Waals surface area (Å²) in [5.74, 6) is 7.02. The smallest absolute Gasteiger partial charge is 0.113 e. The van der Waals surface area contributed by atoms with E-state index in [0.717, 1.165) is 48.4 Å². The van der Waals surface area contributed by atoms with Crippen molar-refractivity contribution < 1.29 is 9.84 Å². The standard InChI is InChI=1S/C20H23N3O2/c24-14-17-11-16(7-6-15-4-5-15)8-9-19(17)20-13-23(22-21-20)12-18-3-1-2-10-25-18/h8-9,11,13,15,18,24H,1-5,10,12,14H2/t18-/m1/s1. The molecule has 0 radical (unpaired) electrons. The third-order valence-corrected chi connectivity index (χ3v) is 4.75. The molecule has 0 spiro atoms. The van der Waals surface area contributed by atoms with Gasteiger partial charge in [0.2, 0.25) is 0 Å². The molecular formula is C20H23N3O2. The summed E-state index contributed by atoms with van der Waals surface area (Å²) < 4.78 is 7.61. The molecule has 25 heavy (non-hydrogen) atoms. The van der Waals surface area contributed by atoms with E-state index in [1.165, 1.54) is 19.3 Å². The highest BCUT2D eigenvalue weighted by Gasteiger charge is 2.18. The molecule has 1 atom stereocenters. The van der Waals surface area contributed by atoms with Crippen LogP contribution in [0.15, 0.2) is 24.4 Å². The predicted molar refractivity (Wildman–Crippen MR) is 94.6 cm³/mol. The quantitative estimate of drug-likeness (QED) is 0.872. The maximum atomic E-state index is 9.74. The largest absolute Gasteiger partial charge is 0.392 e. The van der Waals surface area contributed by atoms with Crippen molar-refractivity contribution in [3.05, 3.63) is 35.5 Å². The number of hydrogen-bond acceptors (Lipinski definition) is 4. The van der Waals surface area contributed by atoms with Crippen LogP contribution in [0, 0.1) is 17.8 Å². The summed E-state index contributed by atoms with van der Waals surface area (Å²) in [5.41, 5.74) is 3.48. The zero-order valence-electron chi connectivity index (χ0n) is 14.3. The molecule has 2 heterocycles. The lowest BCUT2D eigenvalue weighted by atomic mass is 10.0. The summed E-state index contributed by atoms with van der Waals surface area (Å²) in [4.78, 5) is 0. The first kappa shape index (κ1) is 16.3. The minimum absolute atomic E-state index is 0.0348. The van der Waals surface area contributed by atoms with Crippen LogP contribution in [0.3, 0.4) is 0 Å². The van der Waals surface area contributed by atoms with Gasteiger partial charge < -0.3 is 9.84 Å². The summed E-state index contributed by atoms with van der Waals surface area (Å²) >= 11 is 0. The molecule has 5 nitrogen and oxygen atoms in total. The Morgan fingerprint density at radius 3 is 2.92 bits per heavy atom. The van der Waals surface area contributed by atoms with Gasteiger partial charge in [-0.05, 0) is 49.8 Å². The van der Waals surface area contributed by atoms with Crippen LogP contribution in [0.1, 0.15) is 43.2 Å². The normalized spacial score (nSPS) is 20.1. The van der Waals surface area contributed by atoms with Crippen LogP contribution >= 0.6 is 0 Å². The minimum atomic E-state index is -0.0348. The maximum Gasteiger partial charge on any atom is 0.113 e. The zero-order chi connectivity index (χ0) is 17.1. The van der Waals surface area contributed by atoms with Crippen LogP contribution in [-0.4, -0.2) is 32.8 Å². The van der Waals surface area contributed by atoms with Crippen LogP contribution in [0.4, 0.5) is 0 Å². The molecule has 2 aromatic rings. The fourth-order valence-corrected chi connectivity index (χ4v) is 3.14. The Balaban J connectivity index is 1.51. The molecule has 1 saturated carbocycles. The second-order valence-corrected chi connectivity index (χ2v) is 6.89. The average Bonchev–Trinajstić information content (AvgIpc) is 3.38. The monoisotopic (exact) mass is 337 g/mol. The Labute approximate surface area is 148 Å². The molecule has 4 rings (SSSR count). The summed E-state index contributed by atoms with van der Waals surface area (Å²) in [6.07, 6.45) is 8.02. The molecule has 1 saturated heterocycles. The van der Waals surface area contributed by atoms with Crippen molar-refractivity contribution in [2.75, 3.05) is 6.61 Å². The molecule has 1 aromatic carbocycles. The molecule has 1 N–H and O–H groups in total. The third kappa shape index (κ3) is 4.09. The molecule has 0 unspecified atom stereocenters. The highest BCUT2D eigenvalue weighted by atomic mass is 16.5. The van der Waals surface area contributed by atoms with Gasteiger partial charge in [-0.25, -0.2) is 4.68 Å². The van der Waals surface area contributed by atoms with Gasteiger partial charge in [0.05, 0.1) is 25.5 Å². The Morgan fingerprint density at radius 2 is 2.16 bits per heavy atom. The first-order chi connectivity index (χ1) is 12.3. The number of aromatic nitrogens is 3. The zero-order valence-corrected chi connectivity index (χ0v) is 14.3. The van der Waals surface area contributed by atoms with E-state index >= 15 is 0 Å². The summed E-state index contributed by atoms with van der Waals surface area (Å²) in [6.45, 7) is 1.53. The van der Waals surface area contributed by atoms with E-state index in [2.05, 4.69) is 22.2 Å². The predicted octanol–water partition coefficient (Wildman–Crippen LogP) is 2.77. The highest BCUT2D eigenvalue weighted by Crippen LogP contribution is 2.28. The van der Waals surface area contributed by atoms with Gasteiger partial charge in [0.1, 0.15) is 5.69 Å². The number of benzene rings is 1. The van der Waals surface area contributed by atoms with Gasteiger partial charge in [-0.3, -0.25) is 0 Å². The summed E-state index contributed by atoms with van der Waals surface area (Å²) in [6, 6.07) is 5.93. The van der Waals surface area contributed by atoms with E-state index in [-0.39, 0.29) is 12.7 Å². The van der Waals surface area contributed by atoms with Crippen molar-refractivity contribution in [1.29, 1.82) is 0 Å². The van der Waals surface area contributed by atoms with E-state index < -0.39 is 0 Å². The number of ether oxygens (including phenoxy) is 1. The van der Waals surface area contributed by atoms with E-state index in [1.807, 2.05) is 29.1 Å². The van der Waals surface area contributed by atoms with Gasteiger partial charge in [0.25, 0.3) is 0 Å². The van der Waals surface area contributed by atoms with Crippen molar-refractivity contribution in [3.63, 3.8) is 0 Å². The maximum absolute atomic E-state index is 9.74. The number of nitrogens with zero attached hydrogens (tertiary/aromatic N) is 3. The molecule has 1 aliphatic carbocycles. The minimum Gasteiger partial charge on any atom is -0.392 e. The number of aliphatic hydroxyl groups is 1. The first-order valence-electron chi connectivity index (χ1n) is 9.09. The van der Waals surface area contributed by atoms with Crippen LogP contribution in [0.5, 0.6) is 0 Å². The Kier molecular flexibility index (Phi) is 4.82. The lowest BCUT2D eigenvalue weighted by molar-refractivity contribution is 0.00370. The second kappa shape index (κ2) is 7.38. The third-order valence-electron chi connectivity index (χ3n) is 4.75. The van der Waals surface area contributed by atoms with Gasteiger partial charge in [-0.15, -0.1) is 5.10 Å². The van der Waals surface area contributed by atoms with Crippen molar-refractivity contribution >= 4 is 0 Å². The molecular weight excluding hydrogens is 314 g/mol. The topological polar surface area (TPSA) is 60.2 Å². The van der Waals surface area contributed by atoms with E-state index in [9.17, 15) is 5.11 Å². The van der Waals surface area contributed by atoms with Gasteiger partial charge >= 0.3 is 0 Å². The fraction of sp³-hybridized carbons (Fsp3) is 0.500. The second-order valence-electron chi connectivity index (χ2n) is 6.89. The van der Waals surface area contributed by atoms with Gasteiger partial charge in [0, 0.05) is 23.7 Å². The van der Waals surface area contributed by atoms with Crippen LogP contribution in [0.2, 0.25) is 0 Å². The van der Waals surface area contributed by atoms with E-state index in [4.69, 9.17) is 4.74 Å². The van der Waals surface area contributed by atoms with Crippen molar-refractivity contribution in [2.24, 2.45) is 5.92 Å². The van der Waals surface area contributed by atoms with Crippen molar-refractivity contribution in [2.45, 2.75) is 51.4 Å². The molecule has 0 amide bonds. The van der Waals surface area contributed by atoms with Crippen LogP contribution in [-0.2, 0) is 17.9 Å². The molecule has 2 fully saturated rings. The Hall–Kier alpha value is -2.16. The number of hydrogen-bond donors (Lipinski definition) is 1. The van der Waals surface area contributed by atoms with Gasteiger partial charge in [-0.2, -0.15) is 0 Å². The van der Waals surface area contributed by atoms with E-state index in [1.54, 1.807) is 0 Å². The Morgan fingerprint density at radius 1 is 1.24 bits per heavy atom. The highest BCUT2D eigenvalue weighted by molar-refractivity contribution is 5.64. The Bertz CT molecular complexity index is 793. The number of aliphatic hydroxyl groups excluding tert-OH is 1. The molecule has 0 bridgehead atoms. The van der Waals surface area contributed by atoms with Crippen molar-refractivity contribution in [1.82, 2.24) is 15.0 Å². The van der Waals surface area contributed by atoms with Crippen LogP contribution < -0.4 is 0 Å². The van der Waals surface area contributed by atoms with Crippen LogP contribution in [0.25, 0.3) is 11.3 Å². The molecule has 1 aliphatic heterocycles. The lowest BCUT2D eigenvalue weighted by Crippen LogP contribution is -2.24. The molecule has 5 heteroatoms. The average molecular weight is 337 g/mol. The first-order valence-corrected chi connectivity index (χ1v) is 9.09. The molecule has 130 valence electrons.